The van der Waals surface area contributed by atoms with Gasteiger partial charge in [0.15, 0.2) is 0 Å². The van der Waals surface area contributed by atoms with Crippen molar-refractivity contribution in [2.45, 2.75) is 39.3 Å². The van der Waals surface area contributed by atoms with Crippen LogP contribution in [0.4, 0.5) is 0 Å². The second-order valence-corrected chi connectivity index (χ2v) is 7.94. The minimum Gasteiger partial charge on any atom is -0.497 e. The van der Waals surface area contributed by atoms with Crippen LogP contribution in [0, 0.1) is 12.3 Å². The van der Waals surface area contributed by atoms with Gasteiger partial charge in [-0.2, -0.15) is 0 Å². The van der Waals surface area contributed by atoms with E-state index in [1.807, 2.05) is 42.2 Å². The predicted octanol–water partition coefficient (Wildman–Crippen LogP) is 3.61. The maximum absolute atomic E-state index is 13.4. The Labute approximate surface area is 160 Å². The summed E-state index contributed by atoms with van der Waals surface area (Å²) in [5.74, 6) is 3.08. The molecule has 1 amide bonds. The third kappa shape index (κ3) is 3.74. The molecule has 2 aromatic rings. The lowest BCUT2D eigenvalue weighted by atomic mass is 9.78. The van der Waals surface area contributed by atoms with E-state index in [9.17, 15) is 4.79 Å². The quantitative estimate of drug-likeness (QED) is 0.809. The summed E-state index contributed by atoms with van der Waals surface area (Å²) in [6, 6.07) is 12.1. The van der Waals surface area contributed by atoms with E-state index in [1.54, 1.807) is 7.11 Å². The Kier molecular flexibility index (Phi) is 4.96. The first-order valence-electron chi connectivity index (χ1n) is 9.78. The second-order valence-electron chi connectivity index (χ2n) is 7.94. The summed E-state index contributed by atoms with van der Waals surface area (Å²) >= 11 is 0. The summed E-state index contributed by atoms with van der Waals surface area (Å²) < 4.78 is 11.0. The van der Waals surface area contributed by atoms with E-state index in [1.165, 1.54) is 0 Å². The summed E-state index contributed by atoms with van der Waals surface area (Å²) in [4.78, 5) is 17.8. The molecule has 1 aromatic heterocycles. The first-order chi connectivity index (χ1) is 13.1. The molecule has 0 unspecified atom stereocenters. The van der Waals surface area contributed by atoms with Gasteiger partial charge < -0.3 is 14.1 Å². The monoisotopic (exact) mass is 368 g/mol. The van der Waals surface area contributed by atoms with Crippen molar-refractivity contribution in [2.75, 3.05) is 26.7 Å². The van der Waals surface area contributed by atoms with Gasteiger partial charge in [0.1, 0.15) is 17.3 Å². The number of piperidine rings is 1. The molecule has 1 spiro atoms. The van der Waals surface area contributed by atoms with Crippen LogP contribution in [0.25, 0.3) is 0 Å². The molecule has 0 saturated carbocycles. The molecule has 0 N–H and O–H groups in total. The first-order valence-corrected chi connectivity index (χ1v) is 9.78. The highest BCUT2D eigenvalue weighted by Crippen LogP contribution is 2.41. The number of hydrogen-bond donors (Lipinski definition) is 0. The van der Waals surface area contributed by atoms with E-state index in [4.69, 9.17) is 9.15 Å². The molecule has 3 heterocycles. The molecular weight excluding hydrogens is 340 g/mol. The van der Waals surface area contributed by atoms with Gasteiger partial charge in [-0.3, -0.25) is 9.69 Å². The highest BCUT2D eigenvalue weighted by atomic mass is 16.5. The zero-order valence-electron chi connectivity index (χ0n) is 16.2. The van der Waals surface area contributed by atoms with Gasteiger partial charge in [-0.05, 0) is 62.6 Å². The number of carbonyl (C=O) groups is 1. The molecule has 0 bridgehead atoms. The summed E-state index contributed by atoms with van der Waals surface area (Å²) in [6.07, 6.45) is 3.01. The summed E-state index contributed by atoms with van der Waals surface area (Å²) in [7, 11) is 1.67. The number of nitrogens with zero attached hydrogens (tertiary/aromatic N) is 2. The molecule has 1 atom stereocenters. The fraction of sp³-hybridized carbons (Fsp3) is 0.500. The number of rotatable bonds is 5. The van der Waals surface area contributed by atoms with E-state index >= 15 is 0 Å². The molecule has 0 aliphatic carbocycles. The van der Waals surface area contributed by atoms with E-state index in [2.05, 4.69) is 11.0 Å². The topological polar surface area (TPSA) is 45.9 Å². The van der Waals surface area contributed by atoms with E-state index < -0.39 is 0 Å². The van der Waals surface area contributed by atoms with Gasteiger partial charge in [0.25, 0.3) is 0 Å². The van der Waals surface area contributed by atoms with Crippen LogP contribution in [-0.4, -0.2) is 42.5 Å². The number of likely N-dealkylation sites (tertiary alicyclic amines) is 2. The zero-order valence-corrected chi connectivity index (χ0v) is 16.2. The number of furan rings is 1. The van der Waals surface area contributed by atoms with Gasteiger partial charge in [0.05, 0.1) is 19.1 Å². The Bertz CT molecular complexity index is 815. The number of methoxy groups -OCH3 is 1. The molecule has 2 aliphatic heterocycles. The van der Waals surface area contributed by atoms with Gasteiger partial charge in [-0.1, -0.05) is 12.1 Å². The minimum absolute atomic E-state index is 0.223. The fourth-order valence-electron chi connectivity index (χ4n) is 4.56. The number of carbonyl (C=O) groups excluding carboxylic acids is 1. The third-order valence-corrected chi connectivity index (χ3v) is 5.94. The molecule has 2 saturated heterocycles. The average molecular weight is 368 g/mol. The van der Waals surface area contributed by atoms with Crippen molar-refractivity contribution in [1.82, 2.24) is 9.80 Å². The van der Waals surface area contributed by atoms with Gasteiger partial charge in [-0.25, -0.2) is 0 Å². The van der Waals surface area contributed by atoms with E-state index in [0.29, 0.717) is 12.5 Å². The molecule has 5 heteroatoms. The van der Waals surface area contributed by atoms with Crippen molar-refractivity contribution >= 4 is 5.91 Å². The molecule has 4 rings (SSSR count). The average Bonchev–Trinajstić information content (AvgIpc) is 3.26. The Balaban J connectivity index is 1.43. The Hall–Kier alpha value is -2.27. The van der Waals surface area contributed by atoms with Crippen molar-refractivity contribution in [3.05, 3.63) is 53.5 Å². The second kappa shape index (κ2) is 7.39. The van der Waals surface area contributed by atoms with Gasteiger partial charge in [-0.15, -0.1) is 0 Å². The largest absolute Gasteiger partial charge is 0.497 e. The van der Waals surface area contributed by atoms with Crippen LogP contribution in [0.5, 0.6) is 5.75 Å². The van der Waals surface area contributed by atoms with Crippen molar-refractivity contribution in [2.24, 2.45) is 5.41 Å². The predicted molar refractivity (Wildman–Crippen MR) is 103 cm³/mol. The highest BCUT2D eigenvalue weighted by Gasteiger charge is 2.48. The van der Waals surface area contributed by atoms with Crippen LogP contribution in [0.3, 0.4) is 0 Å². The number of hydrogen-bond acceptors (Lipinski definition) is 4. The lowest BCUT2D eigenvalue weighted by Gasteiger charge is -2.39. The summed E-state index contributed by atoms with van der Waals surface area (Å²) in [5, 5.41) is 0. The SMILES string of the molecule is COc1cccc(CN2CCC[C@@]3(CCN(Cc4ccc(C)o4)C3)C2=O)c1. The van der Waals surface area contributed by atoms with Crippen LogP contribution in [0.15, 0.2) is 40.8 Å². The lowest BCUT2D eigenvalue weighted by Crippen LogP contribution is -2.49. The highest BCUT2D eigenvalue weighted by molar-refractivity contribution is 5.84. The number of amides is 1. The summed E-state index contributed by atoms with van der Waals surface area (Å²) in [5.41, 5.74) is 0.902. The molecule has 2 fully saturated rings. The number of benzene rings is 1. The molecular formula is C22H28N2O3. The zero-order chi connectivity index (χ0) is 18.9. The van der Waals surface area contributed by atoms with Gasteiger partial charge >= 0.3 is 0 Å². The van der Waals surface area contributed by atoms with Crippen LogP contribution in [-0.2, 0) is 17.9 Å². The molecule has 0 radical (unpaired) electrons. The minimum atomic E-state index is -0.223. The van der Waals surface area contributed by atoms with Crippen molar-refractivity contribution < 1.29 is 13.9 Å². The Morgan fingerprint density at radius 2 is 2.04 bits per heavy atom. The molecule has 27 heavy (non-hydrogen) atoms. The Morgan fingerprint density at radius 1 is 1.15 bits per heavy atom. The van der Waals surface area contributed by atoms with Crippen LogP contribution in [0.2, 0.25) is 0 Å². The molecule has 1 aromatic carbocycles. The van der Waals surface area contributed by atoms with Crippen molar-refractivity contribution in [3.8, 4) is 5.75 Å². The molecule has 2 aliphatic rings. The smallest absolute Gasteiger partial charge is 0.230 e. The van der Waals surface area contributed by atoms with Crippen LogP contribution in [0.1, 0.15) is 36.3 Å². The standard InChI is InChI=1S/C22H28N2O3/c1-17-7-8-20(27-17)15-23-12-10-22(16-23)9-4-11-24(21(22)25)14-18-5-3-6-19(13-18)26-2/h3,5-8,13H,4,9-12,14-16H2,1-2H3/t22-/m0/s1. The van der Waals surface area contributed by atoms with Crippen LogP contribution >= 0.6 is 0 Å². The third-order valence-electron chi connectivity index (χ3n) is 5.94. The fourth-order valence-corrected chi connectivity index (χ4v) is 4.56. The van der Waals surface area contributed by atoms with Crippen molar-refractivity contribution in [1.29, 1.82) is 0 Å². The lowest BCUT2D eigenvalue weighted by molar-refractivity contribution is -0.146. The normalized spacial score (nSPS) is 23.3. The maximum Gasteiger partial charge on any atom is 0.230 e. The summed E-state index contributed by atoms with van der Waals surface area (Å²) in [6.45, 7) is 6.05. The first kappa shape index (κ1) is 18.1. The van der Waals surface area contributed by atoms with Crippen molar-refractivity contribution in [3.63, 3.8) is 0 Å². The molecule has 144 valence electrons. The molecule has 5 nitrogen and oxygen atoms in total. The van der Waals surface area contributed by atoms with E-state index in [0.717, 1.165) is 68.3 Å². The van der Waals surface area contributed by atoms with Crippen LogP contribution < -0.4 is 4.74 Å². The Morgan fingerprint density at radius 3 is 2.81 bits per heavy atom. The number of ether oxygens (including phenoxy) is 1. The van der Waals surface area contributed by atoms with Gasteiger partial charge in [0.2, 0.25) is 5.91 Å². The van der Waals surface area contributed by atoms with E-state index in [-0.39, 0.29) is 5.41 Å². The van der Waals surface area contributed by atoms with Gasteiger partial charge in [0, 0.05) is 19.6 Å². The number of aryl methyl sites for hydroxylation is 1. The maximum atomic E-state index is 13.4.